The number of hydrogen-bond acceptors (Lipinski definition) is 6. The lowest BCUT2D eigenvalue weighted by Crippen LogP contribution is -2.31. The second kappa shape index (κ2) is 22.6. The quantitative estimate of drug-likeness (QED) is 0.154. The Kier molecular flexibility index (Phi) is 18.9. The van der Waals surface area contributed by atoms with Crippen LogP contribution in [0.15, 0.2) is 90.3 Å². The highest BCUT2D eigenvalue weighted by molar-refractivity contribution is 7.09. The molecule has 1 unspecified atom stereocenters. The summed E-state index contributed by atoms with van der Waals surface area (Å²) in [5, 5.41) is 17.8. The molecule has 1 aliphatic rings. The van der Waals surface area contributed by atoms with Gasteiger partial charge in [-0.1, -0.05) is 93.1 Å². The second-order valence-corrected chi connectivity index (χ2v) is 11.6. The Balaban J connectivity index is 0.000000350. The van der Waals surface area contributed by atoms with Crippen LogP contribution >= 0.6 is 11.3 Å². The zero-order valence-corrected chi connectivity index (χ0v) is 29.0. The molecular weight excluding hydrogens is 593 g/mol. The summed E-state index contributed by atoms with van der Waals surface area (Å²) in [6.07, 6.45) is 3.90. The minimum atomic E-state index is -0.135. The minimum Gasteiger partial charge on any atom is -0.392 e. The van der Waals surface area contributed by atoms with E-state index < -0.39 is 0 Å². The van der Waals surface area contributed by atoms with E-state index in [9.17, 15) is 9.59 Å². The Morgan fingerprint density at radius 3 is 2.15 bits per heavy atom. The van der Waals surface area contributed by atoms with Crippen LogP contribution in [0.3, 0.4) is 0 Å². The number of nitrogens with zero attached hydrogens (tertiary/aromatic N) is 2. The van der Waals surface area contributed by atoms with Crippen molar-refractivity contribution in [2.45, 2.75) is 73.0 Å². The number of likely N-dealkylation sites (tertiary alicyclic amines) is 1. The van der Waals surface area contributed by atoms with E-state index in [0.717, 1.165) is 61.6 Å². The van der Waals surface area contributed by atoms with Gasteiger partial charge in [-0.05, 0) is 76.4 Å². The Morgan fingerprint density at radius 1 is 0.913 bits per heavy atom. The number of benzene rings is 3. The van der Waals surface area contributed by atoms with Gasteiger partial charge < -0.3 is 20.6 Å². The second-order valence-electron chi connectivity index (χ2n) is 10.7. The zero-order chi connectivity index (χ0) is 33.6. The predicted octanol–water partition coefficient (Wildman–Crippen LogP) is 7.75. The first-order valence-corrected chi connectivity index (χ1v) is 17.3. The van der Waals surface area contributed by atoms with Crippen molar-refractivity contribution in [3.8, 4) is 0 Å². The maximum absolute atomic E-state index is 13.1. The maximum Gasteiger partial charge on any atom is 0.254 e. The largest absolute Gasteiger partial charge is 0.392 e. The lowest BCUT2D eigenvalue weighted by molar-refractivity contribution is 0.0735. The fraction of sp³-hybridized carbons (Fsp3) is 0.395. The zero-order valence-electron chi connectivity index (χ0n) is 28.2. The first-order chi connectivity index (χ1) is 22.4. The van der Waals surface area contributed by atoms with Crippen LogP contribution < -0.4 is 10.6 Å². The molecular formula is C38H52N4O3S. The molecule has 0 radical (unpaired) electrons. The summed E-state index contributed by atoms with van der Waals surface area (Å²) in [6.45, 7) is 13.6. The molecule has 0 saturated carbocycles. The van der Waals surface area contributed by atoms with Gasteiger partial charge in [-0.15, -0.1) is 11.3 Å². The van der Waals surface area contributed by atoms with E-state index in [1.807, 2.05) is 79.6 Å². The topological polar surface area (TPSA) is 94.6 Å². The average Bonchev–Trinajstić information content (AvgIpc) is 3.77. The van der Waals surface area contributed by atoms with E-state index in [4.69, 9.17) is 5.11 Å². The number of hydrogen-bond donors (Lipinski definition) is 3. The molecule has 248 valence electrons. The summed E-state index contributed by atoms with van der Waals surface area (Å²) in [6, 6.07) is 26.9. The maximum atomic E-state index is 13.1. The number of amides is 2. The molecule has 46 heavy (non-hydrogen) atoms. The van der Waals surface area contributed by atoms with Crippen LogP contribution in [0.1, 0.15) is 95.0 Å². The van der Waals surface area contributed by atoms with Gasteiger partial charge in [0.2, 0.25) is 0 Å². The third-order valence-corrected chi connectivity index (χ3v) is 8.08. The number of aliphatic hydroxyl groups excluding tert-OH is 1. The van der Waals surface area contributed by atoms with Crippen LogP contribution in [0.2, 0.25) is 0 Å². The van der Waals surface area contributed by atoms with Gasteiger partial charge in [0.25, 0.3) is 11.8 Å². The first kappa shape index (κ1) is 38.3. The van der Waals surface area contributed by atoms with Crippen molar-refractivity contribution in [2.75, 3.05) is 26.2 Å². The highest BCUT2D eigenvalue weighted by Crippen LogP contribution is 2.34. The van der Waals surface area contributed by atoms with Gasteiger partial charge in [0.05, 0.1) is 12.6 Å². The third-order valence-electron chi connectivity index (χ3n) is 7.02. The van der Waals surface area contributed by atoms with Gasteiger partial charge in [0.1, 0.15) is 5.01 Å². The van der Waals surface area contributed by atoms with Crippen LogP contribution in [-0.4, -0.2) is 53.0 Å². The Bertz CT molecular complexity index is 1400. The molecule has 2 amide bonds. The molecule has 0 spiro atoms. The molecule has 3 N–H and O–H groups in total. The molecule has 7 nitrogen and oxygen atoms in total. The highest BCUT2D eigenvalue weighted by Gasteiger charge is 2.32. The van der Waals surface area contributed by atoms with Gasteiger partial charge in [0, 0.05) is 35.3 Å². The van der Waals surface area contributed by atoms with Crippen LogP contribution in [0.25, 0.3) is 0 Å². The van der Waals surface area contributed by atoms with Gasteiger partial charge in [-0.3, -0.25) is 9.59 Å². The molecule has 0 bridgehead atoms. The van der Waals surface area contributed by atoms with Crippen LogP contribution in [0.4, 0.5) is 0 Å². The number of thiazole rings is 1. The monoisotopic (exact) mass is 644 g/mol. The van der Waals surface area contributed by atoms with Crippen molar-refractivity contribution in [2.24, 2.45) is 0 Å². The molecule has 1 saturated heterocycles. The van der Waals surface area contributed by atoms with E-state index in [1.165, 1.54) is 5.56 Å². The summed E-state index contributed by atoms with van der Waals surface area (Å²) >= 11 is 1.61. The lowest BCUT2D eigenvalue weighted by atomic mass is 10.1. The van der Waals surface area contributed by atoms with Gasteiger partial charge >= 0.3 is 0 Å². The molecule has 4 aromatic rings. The Labute approximate surface area is 280 Å². The number of aliphatic hydroxyl groups is 1. The smallest absolute Gasteiger partial charge is 0.254 e. The van der Waals surface area contributed by atoms with Crippen molar-refractivity contribution >= 4 is 23.2 Å². The minimum absolute atomic E-state index is 0.0289. The average molecular weight is 645 g/mol. The van der Waals surface area contributed by atoms with Gasteiger partial charge in [0.15, 0.2) is 0 Å². The number of rotatable bonds is 10. The number of carbonyl (C=O) groups is 2. The van der Waals surface area contributed by atoms with Crippen molar-refractivity contribution in [1.29, 1.82) is 0 Å². The molecule has 1 fully saturated rings. The molecule has 5 rings (SSSR count). The molecule has 8 heteroatoms. The summed E-state index contributed by atoms with van der Waals surface area (Å²) in [5.41, 5.74) is 4.36. The number of aromatic nitrogens is 1. The third kappa shape index (κ3) is 13.6. The standard InChI is InChI=1S/C22H30N4O2S.C7H8O.C7H8.C2H6/c1-3-10-23-11-6-12-24-20(27)17-7-4-8-18(14-17)22(28)26-13-5-9-19(26)21-25-16(2)15-29-21;8-6-7-4-2-1-3-5-7;1-7-5-3-2-4-6-7;1-2/h4,7-8,14-15,19,23H,3,5-6,9-13H2,1-2H3,(H,24,27);1-5,8H,6H2;2-6H,1H3;1-2H3. The fourth-order valence-corrected chi connectivity index (χ4v) is 5.63. The number of aryl methyl sites for hydroxylation is 2. The van der Waals surface area contributed by atoms with Crippen molar-refractivity contribution in [1.82, 2.24) is 20.5 Å². The van der Waals surface area contributed by atoms with Crippen molar-refractivity contribution in [3.05, 3.63) is 123 Å². The van der Waals surface area contributed by atoms with Gasteiger partial charge in [-0.2, -0.15) is 0 Å². The summed E-state index contributed by atoms with van der Waals surface area (Å²) < 4.78 is 0. The van der Waals surface area contributed by atoms with Crippen molar-refractivity contribution in [3.63, 3.8) is 0 Å². The van der Waals surface area contributed by atoms with Crippen LogP contribution in [0, 0.1) is 13.8 Å². The first-order valence-electron chi connectivity index (χ1n) is 16.4. The van der Waals surface area contributed by atoms with E-state index in [2.05, 4.69) is 41.6 Å². The summed E-state index contributed by atoms with van der Waals surface area (Å²) in [7, 11) is 0. The van der Waals surface area contributed by atoms with Gasteiger partial charge in [-0.25, -0.2) is 4.98 Å². The fourth-order valence-electron chi connectivity index (χ4n) is 4.69. The van der Waals surface area contributed by atoms with E-state index in [1.54, 1.807) is 35.6 Å². The number of nitrogens with one attached hydrogen (secondary N) is 2. The molecule has 3 aromatic carbocycles. The molecule has 2 heterocycles. The molecule has 1 atom stereocenters. The van der Waals surface area contributed by atoms with E-state index >= 15 is 0 Å². The number of carbonyl (C=O) groups excluding carboxylic acids is 2. The predicted molar refractivity (Wildman–Crippen MR) is 191 cm³/mol. The molecule has 1 aliphatic heterocycles. The lowest BCUT2D eigenvalue weighted by Gasteiger charge is -2.23. The molecule has 1 aromatic heterocycles. The van der Waals surface area contributed by atoms with E-state index in [-0.39, 0.29) is 24.5 Å². The van der Waals surface area contributed by atoms with Crippen molar-refractivity contribution < 1.29 is 14.7 Å². The SMILES string of the molecule is CC.CCCNCCCNC(=O)c1cccc(C(=O)N2CCCC2c2nc(C)cs2)c1.Cc1ccccc1.OCc1ccccc1. The summed E-state index contributed by atoms with van der Waals surface area (Å²) in [4.78, 5) is 32.1. The van der Waals surface area contributed by atoms with Crippen LogP contribution in [-0.2, 0) is 6.61 Å². The normalized spacial score (nSPS) is 13.3. The molecule has 0 aliphatic carbocycles. The van der Waals surface area contributed by atoms with E-state index in [0.29, 0.717) is 17.7 Å². The Morgan fingerprint density at radius 2 is 1.59 bits per heavy atom. The summed E-state index contributed by atoms with van der Waals surface area (Å²) in [5.74, 6) is -0.164. The highest BCUT2D eigenvalue weighted by atomic mass is 32.1. The van der Waals surface area contributed by atoms with Crippen LogP contribution in [0.5, 0.6) is 0 Å². The Hall–Kier alpha value is -3.85.